The maximum atomic E-state index is 5.30. The number of rotatable bonds is 7. The summed E-state index contributed by atoms with van der Waals surface area (Å²) in [4.78, 5) is 11.4. The molecule has 4 aromatic rings. The van der Waals surface area contributed by atoms with Crippen molar-refractivity contribution in [2.75, 3.05) is 19.6 Å². The van der Waals surface area contributed by atoms with Gasteiger partial charge in [0.1, 0.15) is 5.65 Å². The van der Waals surface area contributed by atoms with E-state index < -0.39 is 0 Å². The van der Waals surface area contributed by atoms with Gasteiger partial charge in [0.25, 0.3) is 0 Å². The van der Waals surface area contributed by atoms with Crippen LogP contribution in [0.4, 0.5) is 0 Å². The second-order valence-corrected chi connectivity index (χ2v) is 9.03. The fourth-order valence-electron chi connectivity index (χ4n) is 4.43. The van der Waals surface area contributed by atoms with Crippen LogP contribution in [0.5, 0.6) is 0 Å². The molecule has 0 fully saturated rings. The summed E-state index contributed by atoms with van der Waals surface area (Å²) in [7, 11) is 2.13. The Morgan fingerprint density at radius 1 is 1.10 bits per heavy atom. The molecule has 30 heavy (non-hydrogen) atoms. The van der Waals surface area contributed by atoms with Crippen LogP contribution in [0.25, 0.3) is 32.8 Å². The maximum absolute atomic E-state index is 5.30. The highest BCUT2D eigenvalue weighted by Crippen LogP contribution is 2.27. The maximum Gasteiger partial charge on any atom is 0.120 e. The summed E-state index contributed by atoms with van der Waals surface area (Å²) in [5.41, 5.74) is 3.47. The van der Waals surface area contributed by atoms with E-state index in [1.807, 2.05) is 0 Å². The molecule has 0 spiro atoms. The Hall–Kier alpha value is -2.11. The Kier molecular flexibility index (Phi) is 6.30. The topological polar surface area (TPSA) is 36.3 Å². The first-order valence-electron chi connectivity index (χ1n) is 11.0. The fraction of sp³-hybridized carbons (Fsp3) is 0.400. The number of aromatic nitrogens is 2. The van der Waals surface area contributed by atoms with Crippen LogP contribution in [0.2, 0.25) is 0 Å². The summed E-state index contributed by atoms with van der Waals surface area (Å²) in [6.07, 6.45) is 2.27. The van der Waals surface area contributed by atoms with E-state index in [2.05, 4.69) is 101 Å². The van der Waals surface area contributed by atoms with E-state index in [1.165, 1.54) is 28.1 Å². The molecule has 2 aromatic heterocycles. The smallest absolute Gasteiger partial charge is 0.120 e. The second kappa shape index (κ2) is 8.94. The molecule has 158 valence electrons. The van der Waals surface area contributed by atoms with Gasteiger partial charge in [0.15, 0.2) is 0 Å². The molecule has 0 bridgehead atoms. The van der Waals surface area contributed by atoms with Crippen LogP contribution in [0, 0.1) is 0 Å². The molecule has 1 unspecified atom stereocenters. The lowest BCUT2D eigenvalue weighted by Gasteiger charge is -2.18. The lowest BCUT2D eigenvalue weighted by atomic mass is 10.1. The van der Waals surface area contributed by atoms with Gasteiger partial charge in [-0.3, -0.25) is 4.99 Å². The third kappa shape index (κ3) is 3.93. The van der Waals surface area contributed by atoms with Crippen LogP contribution in [-0.4, -0.2) is 40.1 Å². The van der Waals surface area contributed by atoms with Crippen molar-refractivity contribution in [3.05, 3.63) is 52.3 Å². The number of nitrogens with zero attached hydrogens (tertiary/aromatic N) is 3. The van der Waals surface area contributed by atoms with Gasteiger partial charge in [-0.05, 0) is 63.7 Å². The van der Waals surface area contributed by atoms with Gasteiger partial charge in [-0.15, -0.1) is 0 Å². The number of H-pyrrole nitrogens is 1. The van der Waals surface area contributed by atoms with E-state index in [0.29, 0.717) is 0 Å². The fourth-order valence-corrected chi connectivity index (χ4v) is 4.79. The first-order chi connectivity index (χ1) is 14.5. The van der Waals surface area contributed by atoms with Crippen LogP contribution < -0.4 is 5.36 Å². The largest absolute Gasteiger partial charge is 0.341 e. The monoisotopic (exact) mass is 466 g/mol. The molecule has 0 aliphatic rings. The molecule has 0 radical (unpaired) electrons. The highest BCUT2D eigenvalue weighted by molar-refractivity contribution is 9.10. The van der Waals surface area contributed by atoms with Gasteiger partial charge in [-0.2, -0.15) is 0 Å². The molecule has 2 aromatic carbocycles. The lowest BCUT2D eigenvalue weighted by Crippen LogP contribution is -2.24. The summed E-state index contributed by atoms with van der Waals surface area (Å²) >= 11 is 3.67. The number of halogens is 1. The average molecular weight is 467 g/mol. The van der Waals surface area contributed by atoms with Gasteiger partial charge < -0.3 is 14.5 Å². The minimum atomic E-state index is 0.271. The minimum absolute atomic E-state index is 0.271. The predicted octanol–water partition coefficient (Wildman–Crippen LogP) is 5.99. The number of fused-ring (bicyclic) bond motifs is 4. The van der Waals surface area contributed by atoms with Crippen LogP contribution in [0.15, 0.2) is 51.9 Å². The van der Waals surface area contributed by atoms with Crippen molar-refractivity contribution in [3.8, 4) is 0 Å². The normalized spacial score (nSPS) is 13.9. The quantitative estimate of drug-likeness (QED) is 0.356. The molecular weight excluding hydrogens is 436 g/mol. The SMILES string of the molecule is CCN(CC)CCCC(C)N=c1c2cc(Br)ccc2n(C)c2[nH]c3ccccc3c12. The molecule has 0 saturated heterocycles. The summed E-state index contributed by atoms with van der Waals surface area (Å²) in [6.45, 7) is 10.1. The number of hydrogen-bond donors (Lipinski definition) is 1. The van der Waals surface area contributed by atoms with E-state index in [4.69, 9.17) is 4.99 Å². The predicted molar refractivity (Wildman–Crippen MR) is 132 cm³/mol. The summed E-state index contributed by atoms with van der Waals surface area (Å²) in [5, 5.41) is 4.75. The van der Waals surface area contributed by atoms with Gasteiger partial charge >= 0.3 is 0 Å². The molecular formula is C25H31BrN4. The third-order valence-electron chi connectivity index (χ3n) is 6.17. The Labute approximate surface area is 186 Å². The Balaban J connectivity index is 1.88. The lowest BCUT2D eigenvalue weighted by molar-refractivity contribution is 0.294. The summed E-state index contributed by atoms with van der Waals surface area (Å²) in [6, 6.07) is 15.3. The van der Waals surface area contributed by atoms with Gasteiger partial charge in [-0.1, -0.05) is 48.0 Å². The van der Waals surface area contributed by atoms with Crippen molar-refractivity contribution in [1.82, 2.24) is 14.5 Å². The van der Waals surface area contributed by atoms with E-state index >= 15 is 0 Å². The van der Waals surface area contributed by atoms with Crippen molar-refractivity contribution in [3.63, 3.8) is 0 Å². The van der Waals surface area contributed by atoms with E-state index in [0.717, 1.165) is 47.0 Å². The number of benzene rings is 2. The average Bonchev–Trinajstić information content (AvgIpc) is 3.14. The molecule has 0 aliphatic carbocycles. The van der Waals surface area contributed by atoms with E-state index in [1.54, 1.807) is 0 Å². The van der Waals surface area contributed by atoms with Gasteiger partial charge in [-0.25, -0.2) is 0 Å². The molecule has 1 atom stereocenters. The minimum Gasteiger partial charge on any atom is -0.341 e. The first kappa shape index (κ1) is 21.1. The Bertz CT molecular complexity index is 1250. The van der Waals surface area contributed by atoms with E-state index in [9.17, 15) is 0 Å². The molecule has 1 N–H and O–H groups in total. The number of hydrogen-bond acceptors (Lipinski definition) is 2. The van der Waals surface area contributed by atoms with Crippen LogP contribution in [-0.2, 0) is 7.05 Å². The van der Waals surface area contributed by atoms with Gasteiger partial charge in [0.05, 0.1) is 16.3 Å². The number of aryl methyl sites for hydroxylation is 1. The van der Waals surface area contributed by atoms with Crippen LogP contribution in [0.1, 0.15) is 33.6 Å². The molecule has 4 nitrogen and oxygen atoms in total. The van der Waals surface area contributed by atoms with Crippen molar-refractivity contribution >= 4 is 48.8 Å². The number of nitrogens with one attached hydrogen (secondary N) is 1. The Morgan fingerprint density at radius 2 is 1.87 bits per heavy atom. The molecule has 0 aliphatic heterocycles. The van der Waals surface area contributed by atoms with E-state index in [-0.39, 0.29) is 6.04 Å². The number of pyridine rings is 1. The zero-order valence-electron chi connectivity index (χ0n) is 18.4. The Morgan fingerprint density at radius 3 is 2.63 bits per heavy atom. The zero-order valence-corrected chi connectivity index (χ0v) is 20.0. The van der Waals surface area contributed by atoms with Crippen molar-refractivity contribution < 1.29 is 0 Å². The van der Waals surface area contributed by atoms with Gasteiger partial charge in [0, 0.05) is 33.9 Å². The molecule has 0 saturated carbocycles. The van der Waals surface area contributed by atoms with Gasteiger partial charge in [0.2, 0.25) is 0 Å². The summed E-state index contributed by atoms with van der Waals surface area (Å²) < 4.78 is 3.33. The second-order valence-electron chi connectivity index (χ2n) is 8.11. The molecule has 2 heterocycles. The third-order valence-corrected chi connectivity index (χ3v) is 6.67. The van der Waals surface area contributed by atoms with Crippen LogP contribution in [0.3, 0.4) is 0 Å². The molecule has 0 amide bonds. The zero-order chi connectivity index (χ0) is 21.3. The molecule has 5 heteroatoms. The first-order valence-corrected chi connectivity index (χ1v) is 11.8. The van der Waals surface area contributed by atoms with Crippen LogP contribution >= 0.6 is 15.9 Å². The van der Waals surface area contributed by atoms with Crippen molar-refractivity contribution in [1.29, 1.82) is 0 Å². The number of aromatic amines is 1. The highest BCUT2D eigenvalue weighted by atomic mass is 79.9. The standard InChI is InChI=1S/C25H31BrN4/c1-5-30(6-2)15-9-10-17(3)27-24-20-16-18(26)13-14-22(20)29(4)25-23(24)19-11-7-8-12-21(19)28-25/h7-8,11-14,16-17,28H,5-6,9-10,15H2,1-4H3. The molecule has 4 rings (SSSR count). The number of para-hydroxylation sites is 1. The summed E-state index contributed by atoms with van der Waals surface area (Å²) in [5.74, 6) is 0. The van der Waals surface area contributed by atoms with Crippen molar-refractivity contribution in [2.24, 2.45) is 12.0 Å². The highest BCUT2D eigenvalue weighted by Gasteiger charge is 2.14. The van der Waals surface area contributed by atoms with Crippen molar-refractivity contribution in [2.45, 2.75) is 39.7 Å².